The highest BCUT2D eigenvalue weighted by Gasteiger charge is 2.24. The summed E-state index contributed by atoms with van der Waals surface area (Å²) in [5.41, 5.74) is 5.67. The minimum Gasteiger partial charge on any atom is -0.377 e. The summed E-state index contributed by atoms with van der Waals surface area (Å²) in [7, 11) is 0. The van der Waals surface area contributed by atoms with Crippen molar-refractivity contribution in [1.82, 2.24) is 10.2 Å². The maximum atomic E-state index is 5.67. The van der Waals surface area contributed by atoms with E-state index in [1.165, 1.54) is 0 Å². The van der Waals surface area contributed by atoms with Crippen LogP contribution in [0.2, 0.25) is 0 Å². The number of hydrogen-bond acceptors (Lipinski definition) is 6. The summed E-state index contributed by atoms with van der Waals surface area (Å²) >= 11 is 1.61. The first-order valence-corrected chi connectivity index (χ1v) is 5.47. The third kappa shape index (κ3) is 1.87. The average Bonchev–Trinajstić information content (AvgIpc) is 2.65. The number of ether oxygens (including phenoxy) is 1. The number of anilines is 1. The molecule has 5 nitrogen and oxygen atoms in total. The third-order valence-electron chi connectivity index (χ3n) is 2.26. The molecule has 1 fully saturated rings. The number of hydrogen-bond donors (Lipinski definition) is 1. The second kappa shape index (κ2) is 4.20. The smallest absolute Gasteiger partial charge is 0.208 e. The van der Waals surface area contributed by atoms with Crippen LogP contribution < -0.4 is 10.6 Å². The SMILES string of the molecule is Cc1nnc(N2CCOCC2CN)s1. The predicted octanol–water partition coefficient (Wildman–Crippen LogP) is 0.0104. The first kappa shape index (κ1) is 9.82. The molecule has 14 heavy (non-hydrogen) atoms. The molecule has 1 unspecified atom stereocenters. The van der Waals surface area contributed by atoms with Crippen molar-refractivity contribution in [3.05, 3.63) is 5.01 Å². The van der Waals surface area contributed by atoms with Crippen LogP contribution in [-0.2, 0) is 4.74 Å². The molecule has 2 heterocycles. The van der Waals surface area contributed by atoms with E-state index in [9.17, 15) is 0 Å². The van der Waals surface area contributed by atoms with Gasteiger partial charge in [-0.05, 0) is 6.92 Å². The van der Waals surface area contributed by atoms with Crippen molar-refractivity contribution < 1.29 is 4.74 Å². The van der Waals surface area contributed by atoms with E-state index in [0.29, 0.717) is 13.2 Å². The van der Waals surface area contributed by atoms with Gasteiger partial charge in [0, 0.05) is 13.1 Å². The first-order chi connectivity index (χ1) is 6.81. The Bertz CT molecular complexity index is 303. The molecule has 0 saturated carbocycles. The lowest BCUT2D eigenvalue weighted by atomic mass is 10.2. The molecule has 1 aromatic rings. The Balaban J connectivity index is 2.14. The molecule has 0 bridgehead atoms. The maximum absolute atomic E-state index is 5.67. The molecule has 0 amide bonds. The van der Waals surface area contributed by atoms with Gasteiger partial charge in [-0.1, -0.05) is 11.3 Å². The Hall–Kier alpha value is -0.720. The fraction of sp³-hybridized carbons (Fsp3) is 0.750. The van der Waals surface area contributed by atoms with E-state index in [4.69, 9.17) is 10.5 Å². The van der Waals surface area contributed by atoms with Crippen molar-refractivity contribution in [2.24, 2.45) is 5.73 Å². The number of nitrogens with two attached hydrogens (primary N) is 1. The van der Waals surface area contributed by atoms with Gasteiger partial charge in [-0.3, -0.25) is 0 Å². The van der Waals surface area contributed by atoms with Crippen molar-refractivity contribution in [3.8, 4) is 0 Å². The molecule has 1 atom stereocenters. The third-order valence-corrected chi connectivity index (χ3v) is 3.14. The Kier molecular flexibility index (Phi) is 2.95. The summed E-state index contributed by atoms with van der Waals surface area (Å²) in [6.45, 7) is 4.85. The Labute approximate surface area is 86.9 Å². The molecule has 2 N–H and O–H groups in total. The van der Waals surface area contributed by atoms with E-state index in [2.05, 4.69) is 15.1 Å². The predicted molar refractivity (Wildman–Crippen MR) is 55.7 cm³/mol. The lowest BCUT2D eigenvalue weighted by molar-refractivity contribution is 0.0962. The van der Waals surface area contributed by atoms with Crippen LogP contribution in [0.5, 0.6) is 0 Å². The van der Waals surface area contributed by atoms with Crippen LogP contribution in [-0.4, -0.2) is 42.5 Å². The molecule has 0 aromatic carbocycles. The highest BCUT2D eigenvalue weighted by molar-refractivity contribution is 7.15. The van der Waals surface area contributed by atoms with Gasteiger partial charge in [-0.15, -0.1) is 10.2 Å². The second-order valence-corrected chi connectivity index (χ2v) is 4.42. The second-order valence-electron chi connectivity index (χ2n) is 3.26. The summed E-state index contributed by atoms with van der Waals surface area (Å²) in [5, 5.41) is 10.1. The minimum absolute atomic E-state index is 0.246. The van der Waals surface area contributed by atoms with Gasteiger partial charge in [0.15, 0.2) is 0 Å². The summed E-state index contributed by atoms with van der Waals surface area (Å²) in [4.78, 5) is 2.19. The molecule has 2 rings (SSSR count). The van der Waals surface area contributed by atoms with Crippen molar-refractivity contribution in [1.29, 1.82) is 0 Å². The maximum Gasteiger partial charge on any atom is 0.208 e. The van der Waals surface area contributed by atoms with Gasteiger partial charge in [0.2, 0.25) is 5.13 Å². The number of rotatable bonds is 2. The van der Waals surface area contributed by atoms with E-state index in [1.54, 1.807) is 11.3 Å². The first-order valence-electron chi connectivity index (χ1n) is 4.66. The number of nitrogens with zero attached hydrogens (tertiary/aromatic N) is 3. The topological polar surface area (TPSA) is 64.3 Å². The van der Waals surface area contributed by atoms with Crippen LogP contribution in [0.15, 0.2) is 0 Å². The quantitative estimate of drug-likeness (QED) is 0.751. The van der Waals surface area contributed by atoms with E-state index in [-0.39, 0.29) is 6.04 Å². The van der Waals surface area contributed by atoms with Gasteiger partial charge in [-0.25, -0.2) is 0 Å². The molecule has 1 saturated heterocycles. The standard InChI is InChI=1S/C8H14N4OS/c1-6-10-11-8(14-6)12-2-3-13-5-7(12)4-9/h7H,2-5,9H2,1H3. The number of aryl methyl sites for hydroxylation is 1. The highest BCUT2D eigenvalue weighted by atomic mass is 32.1. The summed E-state index contributed by atoms with van der Waals surface area (Å²) < 4.78 is 5.37. The molecule has 1 aromatic heterocycles. The normalized spacial score (nSPS) is 22.7. The summed E-state index contributed by atoms with van der Waals surface area (Å²) in [6.07, 6.45) is 0. The van der Waals surface area contributed by atoms with E-state index >= 15 is 0 Å². The van der Waals surface area contributed by atoms with Crippen LogP contribution >= 0.6 is 11.3 Å². The van der Waals surface area contributed by atoms with Gasteiger partial charge in [0.25, 0.3) is 0 Å². The van der Waals surface area contributed by atoms with Gasteiger partial charge < -0.3 is 15.4 Å². The Morgan fingerprint density at radius 1 is 1.64 bits per heavy atom. The number of aromatic nitrogens is 2. The van der Waals surface area contributed by atoms with E-state index in [1.807, 2.05) is 6.92 Å². The Morgan fingerprint density at radius 2 is 2.50 bits per heavy atom. The molecule has 0 spiro atoms. The fourth-order valence-electron chi connectivity index (χ4n) is 1.50. The van der Waals surface area contributed by atoms with Crippen molar-refractivity contribution >= 4 is 16.5 Å². The van der Waals surface area contributed by atoms with Crippen LogP contribution in [0.1, 0.15) is 5.01 Å². The Morgan fingerprint density at radius 3 is 3.14 bits per heavy atom. The number of morpholine rings is 1. The molecule has 78 valence electrons. The summed E-state index contributed by atoms with van der Waals surface area (Å²) in [6, 6.07) is 0.246. The van der Waals surface area contributed by atoms with Crippen LogP contribution in [0, 0.1) is 6.92 Å². The zero-order chi connectivity index (χ0) is 9.97. The van der Waals surface area contributed by atoms with E-state index in [0.717, 1.165) is 23.3 Å². The van der Waals surface area contributed by atoms with E-state index < -0.39 is 0 Å². The molecule has 0 aliphatic carbocycles. The van der Waals surface area contributed by atoms with Crippen molar-refractivity contribution in [2.45, 2.75) is 13.0 Å². The molecular weight excluding hydrogens is 200 g/mol. The van der Waals surface area contributed by atoms with Crippen LogP contribution in [0.25, 0.3) is 0 Å². The summed E-state index contributed by atoms with van der Waals surface area (Å²) in [5.74, 6) is 0. The van der Waals surface area contributed by atoms with Crippen molar-refractivity contribution in [3.63, 3.8) is 0 Å². The monoisotopic (exact) mass is 214 g/mol. The van der Waals surface area contributed by atoms with Gasteiger partial charge in [0.05, 0.1) is 19.3 Å². The van der Waals surface area contributed by atoms with Gasteiger partial charge in [0.1, 0.15) is 5.01 Å². The van der Waals surface area contributed by atoms with Gasteiger partial charge in [-0.2, -0.15) is 0 Å². The molecule has 1 aliphatic rings. The van der Waals surface area contributed by atoms with Gasteiger partial charge >= 0.3 is 0 Å². The minimum atomic E-state index is 0.246. The van der Waals surface area contributed by atoms with Crippen LogP contribution in [0.3, 0.4) is 0 Å². The molecule has 6 heteroatoms. The lowest BCUT2D eigenvalue weighted by Crippen LogP contribution is -2.49. The fourth-order valence-corrected chi connectivity index (χ4v) is 2.29. The zero-order valence-electron chi connectivity index (χ0n) is 8.14. The zero-order valence-corrected chi connectivity index (χ0v) is 8.96. The largest absolute Gasteiger partial charge is 0.377 e. The van der Waals surface area contributed by atoms with Crippen LogP contribution in [0.4, 0.5) is 5.13 Å². The molecule has 1 aliphatic heterocycles. The highest BCUT2D eigenvalue weighted by Crippen LogP contribution is 2.22. The molecule has 0 radical (unpaired) electrons. The van der Waals surface area contributed by atoms with Crippen molar-refractivity contribution in [2.75, 3.05) is 31.2 Å². The average molecular weight is 214 g/mol. The molecular formula is C8H14N4OS. The lowest BCUT2D eigenvalue weighted by Gasteiger charge is -2.34.